The molecule has 0 bridgehead atoms. The molecular weight excluding hydrogens is 384 g/mol. The van der Waals surface area contributed by atoms with Crippen molar-refractivity contribution in [2.75, 3.05) is 0 Å². The molecule has 0 aliphatic rings. The first-order chi connectivity index (χ1) is 14.2. The highest BCUT2D eigenvalue weighted by atomic mass is 32.1. The van der Waals surface area contributed by atoms with Crippen LogP contribution in [0.15, 0.2) is 64.4 Å². The number of oxazole rings is 1. The van der Waals surface area contributed by atoms with Gasteiger partial charge in [-0.25, -0.2) is 9.97 Å². The zero-order chi connectivity index (χ0) is 19.8. The molecule has 0 spiro atoms. The Hall–Kier alpha value is -3.45. The molecule has 0 atom stereocenters. The fourth-order valence-corrected chi connectivity index (χ4v) is 4.29. The number of nitrogens with one attached hydrogen (secondary N) is 1. The summed E-state index contributed by atoms with van der Waals surface area (Å²) in [6, 6.07) is 17.9. The van der Waals surface area contributed by atoms with Gasteiger partial charge >= 0.3 is 0 Å². The Morgan fingerprint density at radius 3 is 2.83 bits per heavy atom. The number of nitrogens with zero attached hydrogens (tertiary/aromatic N) is 3. The van der Waals surface area contributed by atoms with Gasteiger partial charge in [0.25, 0.3) is 5.91 Å². The molecule has 1 amide bonds. The predicted octanol–water partition coefficient (Wildman–Crippen LogP) is 4.86. The lowest BCUT2D eigenvalue weighted by molar-refractivity contribution is 0.0943. The summed E-state index contributed by atoms with van der Waals surface area (Å²) in [5.41, 5.74) is 4.08. The average molecular weight is 402 g/mol. The minimum absolute atomic E-state index is 0.218. The first-order valence-electron chi connectivity index (χ1n) is 9.40. The molecule has 1 N–H and O–H groups in total. The molecule has 7 heteroatoms. The second-order valence-electron chi connectivity index (χ2n) is 6.63. The summed E-state index contributed by atoms with van der Waals surface area (Å²) in [7, 11) is 0. The van der Waals surface area contributed by atoms with Crippen molar-refractivity contribution in [3.05, 3.63) is 71.6 Å². The van der Waals surface area contributed by atoms with Crippen molar-refractivity contribution in [3.63, 3.8) is 0 Å². The summed E-state index contributed by atoms with van der Waals surface area (Å²) in [4.78, 5) is 21.5. The van der Waals surface area contributed by atoms with Crippen molar-refractivity contribution in [2.45, 2.75) is 20.0 Å². The van der Waals surface area contributed by atoms with E-state index >= 15 is 0 Å². The van der Waals surface area contributed by atoms with E-state index < -0.39 is 0 Å². The van der Waals surface area contributed by atoms with Crippen molar-refractivity contribution in [1.82, 2.24) is 19.9 Å². The molecule has 0 aliphatic heterocycles. The van der Waals surface area contributed by atoms with Crippen LogP contribution in [0.3, 0.4) is 0 Å². The van der Waals surface area contributed by atoms with Crippen molar-refractivity contribution in [2.24, 2.45) is 0 Å². The van der Waals surface area contributed by atoms with Gasteiger partial charge in [0.15, 0.2) is 5.58 Å². The third-order valence-electron chi connectivity index (χ3n) is 4.82. The number of fused-ring (bicyclic) bond motifs is 2. The molecule has 6 nitrogen and oxygen atoms in total. The topological polar surface area (TPSA) is 73.0 Å². The standard InChI is InChI=1S/C22H18N4O2S/c1-2-26-17-9-5-3-7-14(17)11-18(26)22-25-16(13-29-22)21(27)23-12-20-24-15-8-4-6-10-19(15)28-20/h3-11,13H,2,12H2,1H3,(H,23,27). The van der Waals surface area contributed by atoms with Gasteiger partial charge in [-0.05, 0) is 31.2 Å². The Kier molecular flexibility index (Phi) is 4.37. The Morgan fingerprint density at radius 2 is 1.97 bits per heavy atom. The number of benzene rings is 2. The number of carbonyl (C=O) groups excluding carboxylic acids is 1. The van der Waals surface area contributed by atoms with Crippen LogP contribution in [-0.4, -0.2) is 20.4 Å². The second-order valence-corrected chi connectivity index (χ2v) is 7.49. The van der Waals surface area contributed by atoms with E-state index in [1.807, 2.05) is 36.4 Å². The van der Waals surface area contributed by atoms with Crippen LogP contribution >= 0.6 is 11.3 Å². The van der Waals surface area contributed by atoms with Gasteiger partial charge in [-0.3, -0.25) is 4.79 Å². The van der Waals surface area contributed by atoms with E-state index in [4.69, 9.17) is 4.42 Å². The number of amides is 1. The molecule has 0 radical (unpaired) electrons. The van der Waals surface area contributed by atoms with E-state index in [2.05, 4.69) is 45.0 Å². The zero-order valence-corrected chi connectivity index (χ0v) is 16.6. The normalized spacial score (nSPS) is 11.3. The van der Waals surface area contributed by atoms with E-state index in [9.17, 15) is 4.79 Å². The summed E-state index contributed by atoms with van der Waals surface area (Å²) in [6.45, 7) is 3.16. The van der Waals surface area contributed by atoms with Gasteiger partial charge < -0.3 is 14.3 Å². The summed E-state index contributed by atoms with van der Waals surface area (Å²) in [5, 5.41) is 6.62. The van der Waals surface area contributed by atoms with E-state index in [1.165, 1.54) is 22.2 Å². The van der Waals surface area contributed by atoms with Gasteiger partial charge in [-0.15, -0.1) is 11.3 Å². The highest BCUT2D eigenvalue weighted by molar-refractivity contribution is 7.13. The van der Waals surface area contributed by atoms with Crippen LogP contribution in [0.1, 0.15) is 23.3 Å². The Bertz CT molecular complexity index is 1300. The van der Waals surface area contributed by atoms with Crippen LogP contribution in [0.25, 0.3) is 32.7 Å². The molecule has 0 unspecified atom stereocenters. The number of carbonyl (C=O) groups is 1. The Balaban J connectivity index is 1.36. The maximum atomic E-state index is 12.6. The van der Waals surface area contributed by atoms with Gasteiger partial charge in [0.2, 0.25) is 5.89 Å². The van der Waals surface area contributed by atoms with E-state index in [0.717, 1.165) is 22.8 Å². The Morgan fingerprint density at radius 1 is 1.14 bits per heavy atom. The first kappa shape index (κ1) is 17.6. The van der Waals surface area contributed by atoms with Crippen molar-refractivity contribution >= 4 is 39.2 Å². The number of para-hydroxylation sites is 3. The molecule has 2 aromatic carbocycles. The molecule has 0 saturated carbocycles. The molecule has 3 aromatic heterocycles. The lowest BCUT2D eigenvalue weighted by Crippen LogP contribution is -2.23. The van der Waals surface area contributed by atoms with Gasteiger partial charge in [0, 0.05) is 22.8 Å². The number of rotatable bonds is 5. The first-order valence-corrected chi connectivity index (χ1v) is 10.3. The maximum Gasteiger partial charge on any atom is 0.271 e. The number of aryl methyl sites for hydroxylation is 1. The molecule has 0 aliphatic carbocycles. The summed E-state index contributed by atoms with van der Waals surface area (Å²) in [6.07, 6.45) is 0. The molecule has 0 fully saturated rings. The summed E-state index contributed by atoms with van der Waals surface area (Å²) >= 11 is 1.47. The number of aromatic nitrogens is 3. The largest absolute Gasteiger partial charge is 0.439 e. The molecule has 5 aromatic rings. The average Bonchev–Trinajstić information content (AvgIpc) is 3.47. The lowest BCUT2D eigenvalue weighted by Gasteiger charge is -2.05. The molecule has 0 saturated heterocycles. The van der Waals surface area contributed by atoms with E-state index in [-0.39, 0.29) is 12.5 Å². The fraction of sp³-hybridized carbons (Fsp3) is 0.136. The second kappa shape index (κ2) is 7.18. The molecule has 29 heavy (non-hydrogen) atoms. The van der Waals surface area contributed by atoms with Crippen LogP contribution in [-0.2, 0) is 13.1 Å². The van der Waals surface area contributed by atoms with Gasteiger partial charge in [0.05, 0.1) is 12.2 Å². The number of thiazole rings is 1. The van der Waals surface area contributed by atoms with Gasteiger partial charge in [0.1, 0.15) is 16.2 Å². The number of hydrogen-bond donors (Lipinski definition) is 1. The van der Waals surface area contributed by atoms with E-state index in [1.54, 1.807) is 5.38 Å². The highest BCUT2D eigenvalue weighted by Gasteiger charge is 2.16. The van der Waals surface area contributed by atoms with Crippen LogP contribution in [0.5, 0.6) is 0 Å². The van der Waals surface area contributed by atoms with Gasteiger partial charge in [-0.2, -0.15) is 0 Å². The third kappa shape index (κ3) is 3.19. The van der Waals surface area contributed by atoms with Crippen LogP contribution in [0.2, 0.25) is 0 Å². The maximum absolute atomic E-state index is 12.6. The minimum atomic E-state index is -0.242. The molecule has 3 heterocycles. The zero-order valence-electron chi connectivity index (χ0n) is 15.8. The molecular formula is C22H18N4O2S. The van der Waals surface area contributed by atoms with Gasteiger partial charge in [-0.1, -0.05) is 30.3 Å². The number of hydrogen-bond acceptors (Lipinski definition) is 5. The van der Waals surface area contributed by atoms with Crippen molar-refractivity contribution < 1.29 is 9.21 Å². The quantitative estimate of drug-likeness (QED) is 0.456. The molecule has 144 valence electrons. The lowest BCUT2D eigenvalue weighted by atomic mass is 10.2. The van der Waals surface area contributed by atoms with Crippen molar-refractivity contribution in [3.8, 4) is 10.7 Å². The smallest absolute Gasteiger partial charge is 0.271 e. The van der Waals surface area contributed by atoms with Crippen LogP contribution in [0.4, 0.5) is 0 Å². The fourth-order valence-electron chi connectivity index (χ4n) is 3.47. The minimum Gasteiger partial charge on any atom is -0.439 e. The summed E-state index contributed by atoms with van der Waals surface area (Å²) in [5.74, 6) is 0.232. The summed E-state index contributed by atoms with van der Waals surface area (Å²) < 4.78 is 7.86. The van der Waals surface area contributed by atoms with Crippen LogP contribution < -0.4 is 5.32 Å². The Labute approximate surface area is 170 Å². The third-order valence-corrected chi connectivity index (χ3v) is 5.69. The predicted molar refractivity (Wildman–Crippen MR) is 114 cm³/mol. The SMILES string of the molecule is CCn1c(-c2nc(C(=O)NCc3nc4ccccc4o3)cs2)cc2ccccc21. The van der Waals surface area contributed by atoms with Crippen LogP contribution in [0, 0.1) is 0 Å². The monoisotopic (exact) mass is 402 g/mol. The van der Waals surface area contributed by atoms with E-state index in [0.29, 0.717) is 17.2 Å². The van der Waals surface area contributed by atoms with Crippen molar-refractivity contribution in [1.29, 1.82) is 0 Å². The molecule has 5 rings (SSSR count). The highest BCUT2D eigenvalue weighted by Crippen LogP contribution is 2.30.